The van der Waals surface area contributed by atoms with Crippen LogP contribution in [-0.4, -0.2) is 24.7 Å². The fourth-order valence-corrected chi connectivity index (χ4v) is 3.10. The number of rotatable bonds is 6. The summed E-state index contributed by atoms with van der Waals surface area (Å²) in [6.07, 6.45) is 1.04. The molecule has 0 saturated carbocycles. The Hall–Kier alpha value is -2.69. The summed E-state index contributed by atoms with van der Waals surface area (Å²) in [6.45, 7) is 8.39. The molecule has 0 radical (unpaired) electrons. The van der Waals surface area contributed by atoms with Crippen molar-refractivity contribution in [2.45, 2.75) is 46.3 Å². The minimum Gasteiger partial charge on any atom is -0.492 e. The Morgan fingerprint density at radius 2 is 2.15 bits per heavy atom. The Morgan fingerprint density at radius 1 is 1.35 bits per heavy atom. The highest BCUT2D eigenvalue weighted by Crippen LogP contribution is 2.38. The summed E-state index contributed by atoms with van der Waals surface area (Å²) < 4.78 is 11.6. The molecule has 2 aromatic rings. The molecule has 0 unspecified atom stereocenters. The second-order valence-electron chi connectivity index (χ2n) is 6.75. The third-order valence-corrected chi connectivity index (χ3v) is 4.35. The van der Waals surface area contributed by atoms with Crippen molar-refractivity contribution in [3.8, 4) is 11.5 Å². The number of nitrogens with one attached hydrogen (secondary N) is 2. The van der Waals surface area contributed by atoms with Gasteiger partial charge in [0.1, 0.15) is 23.6 Å². The average molecular weight is 354 g/mol. The van der Waals surface area contributed by atoms with Gasteiger partial charge in [0.25, 0.3) is 0 Å². The number of aryl methyl sites for hydroxylation is 1. The molecule has 138 valence electrons. The Kier molecular flexibility index (Phi) is 5.35. The van der Waals surface area contributed by atoms with E-state index in [9.17, 15) is 4.79 Å². The molecule has 0 saturated heterocycles. The maximum Gasteiger partial charge on any atom is 0.246 e. The molecular formula is C21H26N2O3. The van der Waals surface area contributed by atoms with Gasteiger partial charge >= 0.3 is 0 Å². The first-order valence-electron chi connectivity index (χ1n) is 9.06. The lowest BCUT2D eigenvalue weighted by Gasteiger charge is -2.19. The van der Waals surface area contributed by atoms with Crippen molar-refractivity contribution >= 4 is 17.3 Å². The van der Waals surface area contributed by atoms with Crippen LogP contribution >= 0.6 is 0 Å². The zero-order chi connectivity index (χ0) is 18.7. The summed E-state index contributed by atoms with van der Waals surface area (Å²) in [5, 5.41) is 6.20. The number of benzene rings is 2. The quantitative estimate of drug-likeness (QED) is 0.818. The summed E-state index contributed by atoms with van der Waals surface area (Å²) in [6, 6.07) is 11.3. The lowest BCUT2D eigenvalue weighted by molar-refractivity contribution is -0.116. The third-order valence-electron chi connectivity index (χ3n) is 4.35. The Bertz CT molecular complexity index is 804. The number of hydrogen-bond donors (Lipinski definition) is 2. The van der Waals surface area contributed by atoms with Crippen LogP contribution in [0.1, 0.15) is 31.9 Å². The minimum absolute atomic E-state index is 0.104. The number of fused-ring (bicyclic) bond motifs is 1. The Balaban J connectivity index is 1.74. The maximum absolute atomic E-state index is 12.5. The van der Waals surface area contributed by atoms with E-state index in [4.69, 9.17) is 9.47 Å². The molecule has 26 heavy (non-hydrogen) atoms. The molecule has 5 heteroatoms. The fraction of sp³-hybridized carbons (Fsp3) is 0.381. The van der Waals surface area contributed by atoms with E-state index in [0.717, 1.165) is 40.4 Å². The van der Waals surface area contributed by atoms with Gasteiger partial charge in [-0.25, -0.2) is 0 Å². The van der Waals surface area contributed by atoms with Crippen LogP contribution in [0.15, 0.2) is 36.4 Å². The van der Waals surface area contributed by atoms with Gasteiger partial charge in [0.2, 0.25) is 5.91 Å². The van der Waals surface area contributed by atoms with Gasteiger partial charge in [-0.05, 0) is 51.5 Å². The van der Waals surface area contributed by atoms with Crippen molar-refractivity contribution in [3.05, 3.63) is 47.5 Å². The van der Waals surface area contributed by atoms with Crippen LogP contribution in [0.3, 0.4) is 0 Å². The molecule has 1 aliphatic rings. The van der Waals surface area contributed by atoms with Gasteiger partial charge in [0.15, 0.2) is 0 Å². The molecule has 0 aliphatic carbocycles. The van der Waals surface area contributed by atoms with Crippen molar-refractivity contribution in [1.82, 2.24) is 0 Å². The van der Waals surface area contributed by atoms with Gasteiger partial charge in [-0.2, -0.15) is 0 Å². The van der Waals surface area contributed by atoms with Crippen LogP contribution in [-0.2, 0) is 11.2 Å². The van der Waals surface area contributed by atoms with E-state index in [-0.39, 0.29) is 12.0 Å². The van der Waals surface area contributed by atoms with Crippen LogP contribution in [0.2, 0.25) is 0 Å². The molecule has 2 N–H and O–H groups in total. The molecule has 1 heterocycles. The highest BCUT2D eigenvalue weighted by Gasteiger charge is 2.23. The van der Waals surface area contributed by atoms with Crippen molar-refractivity contribution in [1.29, 1.82) is 0 Å². The summed E-state index contributed by atoms with van der Waals surface area (Å²) in [5.74, 6) is 1.50. The first kappa shape index (κ1) is 18.1. The number of carbonyl (C=O) groups is 1. The van der Waals surface area contributed by atoms with Crippen LogP contribution in [0.5, 0.6) is 11.5 Å². The minimum atomic E-state index is -0.424. The molecule has 0 bridgehead atoms. The van der Waals surface area contributed by atoms with Crippen molar-refractivity contribution < 1.29 is 14.3 Å². The predicted octanol–water partition coefficient (Wildman–Crippen LogP) is 4.16. The van der Waals surface area contributed by atoms with E-state index in [1.54, 1.807) is 0 Å². The van der Waals surface area contributed by atoms with E-state index in [1.807, 2.05) is 64.1 Å². The molecule has 5 nitrogen and oxygen atoms in total. The van der Waals surface area contributed by atoms with Crippen molar-refractivity contribution in [2.24, 2.45) is 0 Å². The third kappa shape index (κ3) is 4.10. The number of hydrogen-bond acceptors (Lipinski definition) is 4. The van der Waals surface area contributed by atoms with Crippen molar-refractivity contribution in [2.75, 3.05) is 17.2 Å². The van der Waals surface area contributed by atoms with Gasteiger partial charge < -0.3 is 20.1 Å². The largest absolute Gasteiger partial charge is 0.492 e. The van der Waals surface area contributed by atoms with Gasteiger partial charge in [-0.1, -0.05) is 12.1 Å². The standard InChI is InChI=1S/C21H26N2O3/c1-5-25-20-11-16-10-14(3)26-19(16)12-18(20)22-15(4)21(24)23-17-8-6-7-13(2)9-17/h6-9,11-12,14-15,22H,5,10H2,1-4H3,(H,23,24)/t14-,15+/m1/s1. The summed E-state index contributed by atoms with van der Waals surface area (Å²) >= 11 is 0. The van der Waals surface area contributed by atoms with Gasteiger partial charge in [0, 0.05) is 23.7 Å². The second kappa shape index (κ2) is 7.68. The molecule has 2 aromatic carbocycles. The molecule has 0 spiro atoms. The van der Waals surface area contributed by atoms with E-state index in [2.05, 4.69) is 10.6 Å². The SMILES string of the molecule is CCOc1cc2c(cc1N[C@@H](C)C(=O)Nc1cccc(C)c1)O[C@H](C)C2. The molecule has 3 rings (SSSR count). The highest BCUT2D eigenvalue weighted by molar-refractivity contribution is 5.96. The van der Waals surface area contributed by atoms with Crippen molar-refractivity contribution in [3.63, 3.8) is 0 Å². The Labute approximate surface area is 154 Å². The zero-order valence-electron chi connectivity index (χ0n) is 15.8. The summed E-state index contributed by atoms with van der Waals surface area (Å²) in [4.78, 5) is 12.5. The van der Waals surface area contributed by atoms with E-state index in [1.165, 1.54) is 0 Å². The molecule has 1 amide bonds. The fourth-order valence-electron chi connectivity index (χ4n) is 3.10. The van der Waals surface area contributed by atoms with Gasteiger partial charge in [0.05, 0.1) is 12.3 Å². The maximum atomic E-state index is 12.5. The lowest BCUT2D eigenvalue weighted by Crippen LogP contribution is -2.32. The van der Waals surface area contributed by atoms with Gasteiger partial charge in [-0.15, -0.1) is 0 Å². The first-order chi connectivity index (χ1) is 12.5. The van der Waals surface area contributed by atoms with Crippen LogP contribution in [0.4, 0.5) is 11.4 Å². The molecule has 2 atom stereocenters. The Morgan fingerprint density at radius 3 is 2.88 bits per heavy atom. The predicted molar refractivity (Wildman–Crippen MR) is 104 cm³/mol. The molecule has 0 fully saturated rings. The number of carbonyl (C=O) groups excluding carboxylic acids is 1. The summed E-state index contributed by atoms with van der Waals surface area (Å²) in [5.41, 5.74) is 3.81. The number of amides is 1. The zero-order valence-corrected chi connectivity index (χ0v) is 15.8. The molecular weight excluding hydrogens is 328 g/mol. The smallest absolute Gasteiger partial charge is 0.246 e. The molecule has 0 aromatic heterocycles. The monoisotopic (exact) mass is 354 g/mol. The highest BCUT2D eigenvalue weighted by atomic mass is 16.5. The van der Waals surface area contributed by atoms with Gasteiger partial charge in [-0.3, -0.25) is 4.79 Å². The van der Waals surface area contributed by atoms with E-state index >= 15 is 0 Å². The van der Waals surface area contributed by atoms with E-state index < -0.39 is 6.04 Å². The first-order valence-corrected chi connectivity index (χ1v) is 9.06. The number of anilines is 2. The topological polar surface area (TPSA) is 59.6 Å². The molecule has 1 aliphatic heterocycles. The average Bonchev–Trinajstić information content (AvgIpc) is 2.94. The normalized spacial score (nSPS) is 16.4. The van der Waals surface area contributed by atoms with Crippen LogP contribution < -0.4 is 20.1 Å². The summed E-state index contributed by atoms with van der Waals surface area (Å²) in [7, 11) is 0. The second-order valence-corrected chi connectivity index (χ2v) is 6.75. The van der Waals surface area contributed by atoms with Crippen LogP contribution in [0, 0.1) is 6.92 Å². The lowest BCUT2D eigenvalue weighted by atomic mass is 10.1. The van der Waals surface area contributed by atoms with Crippen LogP contribution in [0.25, 0.3) is 0 Å². The number of ether oxygens (including phenoxy) is 2. The van der Waals surface area contributed by atoms with E-state index in [0.29, 0.717) is 6.61 Å².